The van der Waals surface area contributed by atoms with E-state index in [2.05, 4.69) is 12.1 Å². The fraction of sp³-hybridized carbons (Fsp3) is 0.231. The summed E-state index contributed by atoms with van der Waals surface area (Å²) >= 11 is 0. The summed E-state index contributed by atoms with van der Waals surface area (Å²) in [6.07, 6.45) is 10.2. The Morgan fingerprint density at radius 2 is 2.31 bits per heavy atom. The average Bonchev–Trinajstić information content (AvgIpc) is 2.85. The fourth-order valence-electron chi connectivity index (χ4n) is 1.89. The van der Waals surface area contributed by atoms with Crippen molar-refractivity contribution in [3.8, 4) is 6.07 Å². The van der Waals surface area contributed by atoms with Gasteiger partial charge in [0, 0.05) is 17.1 Å². The maximum absolute atomic E-state index is 11.4. The first-order valence-electron chi connectivity index (χ1n) is 4.85. The molecule has 0 aliphatic heterocycles. The molecule has 82 valence electrons. The predicted octanol–water partition coefficient (Wildman–Crippen LogP) is 2.41. The van der Waals surface area contributed by atoms with Crippen LogP contribution in [0.1, 0.15) is 19.8 Å². The molecule has 3 heteroatoms. The summed E-state index contributed by atoms with van der Waals surface area (Å²) in [6.45, 7) is 1.54. The summed E-state index contributed by atoms with van der Waals surface area (Å²) in [7, 11) is 0. The topological polar surface area (TPSA) is 40.9 Å². The van der Waals surface area contributed by atoms with Crippen LogP contribution in [0.15, 0.2) is 40.5 Å². The summed E-state index contributed by atoms with van der Waals surface area (Å²) in [5.41, 5.74) is 3.12. The van der Waals surface area contributed by atoms with E-state index in [9.17, 15) is 4.79 Å². The Balaban J connectivity index is 0.00000128. The van der Waals surface area contributed by atoms with E-state index in [0.717, 1.165) is 23.1 Å². The van der Waals surface area contributed by atoms with E-state index < -0.39 is 0 Å². The van der Waals surface area contributed by atoms with Gasteiger partial charge in [0.2, 0.25) is 0 Å². The Hall–Kier alpha value is -1.36. The molecule has 2 aliphatic rings. The smallest absolute Gasteiger partial charge is 0.143 e. The SMILES string of the molecule is CC(=O)C1=C(C2=CC=CC2)C(C#N)=[C-]C1.[Fe]. The molecular weight excluding hydrogens is 242 g/mol. The van der Waals surface area contributed by atoms with Gasteiger partial charge in [-0.25, -0.2) is 0 Å². The third kappa shape index (κ3) is 2.09. The Labute approximate surface area is 105 Å². The van der Waals surface area contributed by atoms with Gasteiger partial charge in [-0.3, -0.25) is 10.1 Å². The van der Waals surface area contributed by atoms with Gasteiger partial charge in [-0.2, -0.15) is 6.08 Å². The Morgan fingerprint density at radius 1 is 1.56 bits per heavy atom. The number of nitrogens with zero attached hydrogens (tertiary/aromatic N) is 1. The van der Waals surface area contributed by atoms with E-state index in [4.69, 9.17) is 5.26 Å². The first kappa shape index (κ1) is 12.7. The molecule has 0 heterocycles. The molecule has 0 amide bonds. The number of Topliss-reactive ketones (excluding diaryl/α,β-unsaturated/α-hetero) is 1. The van der Waals surface area contributed by atoms with E-state index in [1.54, 1.807) is 6.92 Å². The van der Waals surface area contributed by atoms with Crippen LogP contribution in [-0.2, 0) is 21.9 Å². The van der Waals surface area contributed by atoms with Crippen molar-refractivity contribution in [2.45, 2.75) is 19.8 Å². The van der Waals surface area contributed by atoms with Crippen molar-refractivity contribution < 1.29 is 21.9 Å². The van der Waals surface area contributed by atoms with Gasteiger partial charge >= 0.3 is 0 Å². The van der Waals surface area contributed by atoms with Gasteiger partial charge in [-0.1, -0.05) is 41.9 Å². The first-order chi connectivity index (χ1) is 7.24. The monoisotopic (exact) mass is 252 g/mol. The molecule has 0 aromatic heterocycles. The molecular formula is C13H10FeNO-. The zero-order chi connectivity index (χ0) is 10.8. The third-order valence-corrected chi connectivity index (χ3v) is 2.62. The summed E-state index contributed by atoms with van der Waals surface area (Å²) < 4.78 is 0. The molecule has 0 saturated carbocycles. The number of hydrogen-bond acceptors (Lipinski definition) is 2. The van der Waals surface area contributed by atoms with Crippen molar-refractivity contribution in [2.24, 2.45) is 0 Å². The molecule has 0 N–H and O–H groups in total. The Morgan fingerprint density at radius 3 is 2.81 bits per heavy atom. The number of allylic oxidation sites excluding steroid dienone is 8. The number of ketones is 1. The van der Waals surface area contributed by atoms with Gasteiger partial charge in [0.25, 0.3) is 0 Å². The maximum Gasteiger partial charge on any atom is 0.143 e. The van der Waals surface area contributed by atoms with Crippen LogP contribution in [-0.4, -0.2) is 5.78 Å². The van der Waals surface area contributed by atoms with Gasteiger partial charge in [-0.05, 0) is 13.3 Å². The molecule has 0 radical (unpaired) electrons. The summed E-state index contributed by atoms with van der Waals surface area (Å²) in [6, 6.07) is 2.10. The van der Waals surface area contributed by atoms with Crippen molar-refractivity contribution in [1.82, 2.24) is 0 Å². The van der Waals surface area contributed by atoms with Crippen molar-refractivity contribution in [2.75, 3.05) is 0 Å². The number of nitriles is 1. The molecule has 16 heavy (non-hydrogen) atoms. The Kier molecular flexibility index (Phi) is 4.06. The van der Waals surface area contributed by atoms with Gasteiger partial charge in [0.05, 0.1) is 0 Å². The standard InChI is InChI=1S/C13H10NO.Fe/c1-9(15)12-7-6-11(8-14)13(12)10-4-2-3-5-10;/h2-4H,5,7H2,1H3;/q-1;. The van der Waals surface area contributed by atoms with Crippen LogP contribution in [0.3, 0.4) is 0 Å². The second-order valence-electron chi connectivity index (χ2n) is 3.57. The van der Waals surface area contributed by atoms with E-state index in [1.165, 1.54) is 0 Å². The second-order valence-corrected chi connectivity index (χ2v) is 3.57. The minimum atomic E-state index is 0. The molecule has 0 aromatic carbocycles. The van der Waals surface area contributed by atoms with Crippen molar-refractivity contribution in [1.29, 1.82) is 5.26 Å². The van der Waals surface area contributed by atoms with Crippen LogP contribution in [0.4, 0.5) is 0 Å². The fourth-order valence-corrected chi connectivity index (χ4v) is 1.89. The van der Waals surface area contributed by atoms with Crippen LogP contribution in [0, 0.1) is 17.4 Å². The van der Waals surface area contributed by atoms with Crippen LogP contribution in [0.5, 0.6) is 0 Å². The van der Waals surface area contributed by atoms with Crippen molar-refractivity contribution >= 4 is 5.78 Å². The Bertz CT molecular complexity index is 487. The summed E-state index contributed by atoms with van der Waals surface area (Å²) in [5.74, 6) is 0.0375. The molecule has 0 spiro atoms. The minimum Gasteiger partial charge on any atom is -0.296 e. The summed E-state index contributed by atoms with van der Waals surface area (Å²) in [5, 5.41) is 8.95. The molecule has 2 rings (SSSR count). The molecule has 0 unspecified atom stereocenters. The molecule has 0 fully saturated rings. The number of hydrogen-bond donors (Lipinski definition) is 0. The molecule has 0 bridgehead atoms. The average molecular weight is 252 g/mol. The van der Waals surface area contributed by atoms with E-state index in [0.29, 0.717) is 12.0 Å². The number of carbonyl (C=O) groups is 1. The number of rotatable bonds is 2. The van der Waals surface area contributed by atoms with Crippen LogP contribution in [0.2, 0.25) is 0 Å². The molecule has 2 aliphatic carbocycles. The first-order valence-corrected chi connectivity index (χ1v) is 4.85. The predicted molar refractivity (Wildman–Crippen MR) is 56.5 cm³/mol. The largest absolute Gasteiger partial charge is 0.296 e. The third-order valence-electron chi connectivity index (χ3n) is 2.62. The van der Waals surface area contributed by atoms with Crippen LogP contribution >= 0.6 is 0 Å². The molecule has 0 aromatic rings. The molecule has 0 atom stereocenters. The zero-order valence-corrected chi connectivity index (χ0v) is 9.96. The van der Waals surface area contributed by atoms with Crippen molar-refractivity contribution in [3.05, 3.63) is 46.6 Å². The normalized spacial score (nSPS) is 17.8. The van der Waals surface area contributed by atoms with E-state index >= 15 is 0 Å². The maximum atomic E-state index is 11.4. The van der Waals surface area contributed by atoms with Crippen LogP contribution in [0.25, 0.3) is 0 Å². The van der Waals surface area contributed by atoms with E-state index in [-0.39, 0.29) is 22.9 Å². The zero-order valence-electron chi connectivity index (χ0n) is 8.86. The van der Waals surface area contributed by atoms with Gasteiger partial charge in [-0.15, -0.1) is 11.1 Å². The van der Waals surface area contributed by atoms with E-state index in [1.807, 2.05) is 18.2 Å². The van der Waals surface area contributed by atoms with Crippen molar-refractivity contribution in [3.63, 3.8) is 0 Å². The second kappa shape index (κ2) is 5.12. The van der Waals surface area contributed by atoms with Gasteiger partial charge in [0.1, 0.15) is 5.78 Å². The van der Waals surface area contributed by atoms with Crippen LogP contribution < -0.4 is 0 Å². The summed E-state index contributed by atoms with van der Waals surface area (Å²) in [4.78, 5) is 11.4. The minimum absolute atomic E-state index is 0. The number of carbonyl (C=O) groups excluding carboxylic acids is 1. The molecule has 2 nitrogen and oxygen atoms in total. The van der Waals surface area contributed by atoms with Gasteiger partial charge < -0.3 is 0 Å². The molecule has 0 saturated heterocycles. The van der Waals surface area contributed by atoms with Gasteiger partial charge in [0.15, 0.2) is 0 Å². The quantitative estimate of drug-likeness (QED) is 0.559.